The van der Waals surface area contributed by atoms with Crippen LogP contribution in [0.2, 0.25) is 0 Å². The Labute approximate surface area is 119 Å². The van der Waals surface area contributed by atoms with Crippen molar-refractivity contribution < 1.29 is 4.74 Å². The van der Waals surface area contributed by atoms with E-state index in [0.717, 1.165) is 13.1 Å². The van der Waals surface area contributed by atoms with Crippen molar-refractivity contribution in [1.29, 1.82) is 0 Å². The fourth-order valence-electron chi connectivity index (χ4n) is 3.91. The summed E-state index contributed by atoms with van der Waals surface area (Å²) < 4.78 is 5.57. The number of nitrogens with zero attached hydrogens (tertiary/aromatic N) is 1. The Kier molecular flexibility index (Phi) is 6.11. The largest absolute Gasteiger partial charge is 0.380 e. The molecule has 1 heterocycles. The van der Waals surface area contributed by atoms with Crippen molar-refractivity contribution >= 4 is 0 Å². The average molecular weight is 268 g/mol. The van der Waals surface area contributed by atoms with E-state index in [0.29, 0.717) is 11.5 Å². The summed E-state index contributed by atoms with van der Waals surface area (Å²) in [7, 11) is 1.86. The number of hydrogen-bond donors (Lipinski definition) is 1. The summed E-state index contributed by atoms with van der Waals surface area (Å²) in [4.78, 5) is 2.67. The molecule has 0 amide bonds. The van der Waals surface area contributed by atoms with Crippen molar-refractivity contribution in [3.63, 3.8) is 0 Å². The van der Waals surface area contributed by atoms with Crippen LogP contribution in [-0.2, 0) is 4.74 Å². The molecule has 0 bridgehead atoms. The summed E-state index contributed by atoms with van der Waals surface area (Å²) in [5.74, 6) is 0. The summed E-state index contributed by atoms with van der Waals surface area (Å²) in [6.45, 7) is 8.22. The van der Waals surface area contributed by atoms with E-state index < -0.39 is 0 Å². The third-order valence-electron chi connectivity index (χ3n) is 5.02. The molecule has 2 fully saturated rings. The Bertz CT molecular complexity index is 251. The van der Waals surface area contributed by atoms with E-state index in [1.165, 1.54) is 64.6 Å². The third-order valence-corrected chi connectivity index (χ3v) is 5.02. The predicted octanol–water partition coefficient (Wildman–Crippen LogP) is 2.66. The molecule has 1 aliphatic carbocycles. The maximum Gasteiger partial charge on any atom is 0.0698 e. The molecule has 3 nitrogen and oxygen atoms in total. The van der Waals surface area contributed by atoms with Gasteiger partial charge in [-0.1, -0.05) is 26.2 Å². The topological polar surface area (TPSA) is 24.5 Å². The van der Waals surface area contributed by atoms with E-state index in [-0.39, 0.29) is 0 Å². The zero-order valence-electron chi connectivity index (χ0n) is 12.9. The van der Waals surface area contributed by atoms with E-state index >= 15 is 0 Å². The molecular formula is C16H32N2O. The van der Waals surface area contributed by atoms with E-state index in [4.69, 9.17) is 4.74 Å². The van der Waals surface area contributed by atoms with Crippen LogP contribution in [0, 0.1) is 5.41 Å². The SMILES string of the molecule is CCNCC1(CN2CCCC(OC)C2)CCCCC1. The normalized spacial score (nSPS) is 28.4. The van der Waals surface area contributed by atoms with Crippen LogP contribution in [0.3, 0.4) is 0 Å². The second kappa shape index (κ2) is 7.61. The summed E-state index contributed by atoms with van der Waals surface area (Å²) in [6.07, 6.45) is 10.1. The van der Waals surface area contributed by atoms with E-state index in [1.54, 1.807) is 0 Å². The first-order chi connectivity index (χ1) is 9.28. The van der Waals surface area contributed by atoms with E-state index in [9.17, 15) is 0 Å². The summed E-state index contributed by atoms with van der Waals surface area (Å²) in [6, 6.07) is 0. The summed E-state index contributed by atoms with van der Waals surface area (Å²) in [5, 5.41) is 3.62. The van der Waals surface area contributed by atoms with Crippen LogP contribution in [0.25, 0.3) is 0 Å². The molecule has 1 saturated carbocycles. The molecule has 0 spiro atoms. The molecule has 1 aliphatic heterocycles. The number of ether oxygens (including phenoxy) is 1. The standard InChI is InChI=1S/C16H32N2O/c1-3-17-13-16(9-5-4-6-10-16)14-18-11-7-8-15(12-18)19-2/h15,17H,3-14H2,1-2H3. The molecule has 2 aliphatic rings. The quantitative estimate of drug-likeness (QED) is 0.801. The molecule has 1 unspecified atom stereocenters. The van der Waals surface area contributed by atoms with Gasteiger partial charge in [-0.05, 0) is 44.2 Å². The molecule has 112 valence electrons. The zero-order chi connectivity index (χ0) is 13.6. The van der Waals surface area contributed by atoms with E-state index in [1.807, 2.05) is 7.11 Å². The molecule has 0 radical (unpaired) electrons. The lowest BCUT2D eigenvalue weighted by Gasteiger charge is -2.43. The second-order valence-electron chi connectivity index (χ2n) is 6.58. The highest BCUT2D eigenvalue weighted by atomic mass is 16.5. The van der Waals surface area contributed by atoms with Crippen LogP contribution in [-0.4, -0.2) is 50.8 Å². The fraction of sp³-hybridized carbons (Fsp3) is 1.00. The van der Waals surface area contributed by atoms with Gasteiger partial charge in [0, 0.05) is 26.7 Å². The fourth-order valence-corrected chi connectivity index (χ4v) is 3.91. The van der Waals surface area contributed by atoms with Gasteiger partial charge in [-0.15, -0.1) is 0 Å². The molecule has 1 N–H and O–H groups in total. The third kappa shape index (κ3) is 4.44. The van der Waals surface area contributed by atoms with Crippen LogP contribution in [0.1, 0.15) is 51.9 Å². The first kappa shape index (κ1) is 15.3. The first-order valence-corrected chi connectivity index (χ1v) is 8.24. The lowest BCUT2D eigenvalue weighted by atomic mass is 9.73. The summed E-state index contributed by atoms with van der Waals surface area (Å²) in [5.41, 5.74) is 0.532. The Morgan fingerprint density at radius 1 is 1.21 bits per heavy atom. The number of hydrogen-bond acceptors (Lipinski definition) is 3. The highest BCUT2D eigenvalue weighted by molar-refractivity contribution is 4.89. The van der Waals surface area contributed by atoms with Crippen molar-refractivity contribution in [3.05, 3.63) is 0 Å². The number of likely N-dealkylation sites (tertiary alicyclic amines) is 1. The molecule has 19 heavy (non-hydrogen) atoms. The number of methoxy groups -OCH3 is 1. The minimum atomic E-state index is 0.466. The lowest BCUT2D eigenvalue weighted by Crippen LogP contribution is -2.49. The van der Waals surface area contributed by atoms with Crippen LogP contribution < -0.4 is 5.32 Å². The van der Waals surface area contributed by atoms with Crippen molar-refractivity contribution in [3.8, 4) is 0 Å². The molecule has 1 atom stereocenters. The van der Waals surface area contributed by atoms with Crippen molar-refractivity contribution in [2.45, 2.75) is 58.0 Å². The number of rotatable bonds is 6. The Hall–Kier alpha value is -0.120. The smallest absolute Gasteiger partial charge is 0.0698 e. The van der Waals surface area contributed by atoms with Crippen molar-refractivity contribution in [2.75, 3.05) is 39.8 Å². The van der Waals surface area contributed by atoms with Crippen LogP contribution in [0.15, 0.2) is 0 Å². The zero-order valence-corrected chi connectivity index (χ0v) is 12.9. The second-order valence-corrected chi connectivity index (χ2v) is 6.58. The lowest BCUT2D eigenvalue weighted by molar-refractivity contribution is 0.00675. The maximum atomic E-state index is 5.57. The molecule has 1 saturated heterocycles. The Morgan fingerprint density at radius 2 is 2.00 bits per heavy atom. The molecule has 3 heteroatoms. The van der Waals surface area contributed by atoms with E-state index in [2.05, 4.69) is 17.1 Å². The van der Waals surface area contributed by atoms with Crippen LogP contribution >= 0.6 is 0 Å². The highest BCUT2D eigenvalue weighted by Gasteiger charge is 2.34. The van der Waals surface area contributed by atoms with Gasteiger partial charge in [0.2, 0.25) is 0 Å². The highest BCUT2D eigenvalue weighted by Crippen LogP contribution is 2.37. The Balaban J connectivity index is 1.90. The van der Waals surface area contributed by atoms with Crippen molar-refractivity contribution in [2.24, 2.45) is 5.41 Å². The van der Waals surface area contributed by atoms with Gasteiger partial charge in [0.15, 0.2) is 0 Å². The minimum absolute atomic E-state index is 0.466. The van der Waals surface area contributed by atoms with Gasteiger partial charge in [0.05, 0.1) is 6.10 Å². The van der Waals surface area contributed by atoms with Gasteiger partial charge in [-0.2, -0.15) is 0 Å². The predicted molar refractivity (Wildman–Crippen MR) is 80.5 cm³/mol. The van der Waals surface area contributed by atoms with Crippen LogP contribution in [0.4, 0.5) is 0 Å². The van der Waals surface area contributed by atoms with Crippen molar-refractivity contribution in [1.82, 2.24) is 10.2 Å². The molecule has 0 aromatic heterocycles. The van der Waals surface area contributed by atoms with Gasteiger partial charge in [0.25, 0.3) is 0 Å². The molecular weight excluding hydrogens is 236 g/mol. The Morgan fingerprint density at radius 3 is 2.68 bits per heavy atom. The first-order valence-electron chi connectivity index (χ1n) is 8.24. The molecule has 2 rings (SSSR count). The molecule has 0 aromatic carbocycles. The van der Waals surface area contributed by atoms with Gasteiger partial charge >= 0.3 is 0 Å². The summed E-state index contributed by atoms with van der Waals surface area (Å²) >= 11 is 0. The van der Waals surface area contributed by atoms with Gasteiger partial charge in [0.1, 0.15) is 0 Å². The molecule has 0 aromatic rings. The number of nitrogens with one attached hydrogen (secondary N) is 1. The minimum Gasteiger partial charge on any atom is -0.380 e. The number of piperidine rings is 1. The average Bonchev–Trinajstić information content (AvgIpc) is 2.46. The monoisotopic (exact) mass is 268 g/mol. The maximum absolute atomic E-state index is 5.57. The van der Waals surface area contributed by atoms with Gasteiger partial charge in [-0.25, -0.2) is 0 Å². The van der Waals surface area contributed by atoms with Crippen LogP contribution in [0.5, 0.6) is 0 Å². The van der Waals surface area contributed by atoms with Gasteiger partial charge in [-0.3, -0.25) is 0 Å². The van der Waals surface area contributed by atoms with Gasteiger partial charge < -0.3 is 15.0 Å².